The molecule has 0 aromatic heterocycles. The van der Waals surface area contributed by atoms with Crippen LogP contribution < -0.4 is 5.73 Å². The molecule has 22 heavy (non-hydrogen) atoms. The molecule has 0 saturated carbocycles. The lowest BCUT2D eigenvalue weighted by molar-refractivity contribution is 0.589. The first-order valence-corrected chi connectivity index (χ1v) is 8.75. The van der Waals surface area contributed by atoms with E-state index in [1.165, 1.54) is 61.6 Å². The standard InChI is InChI=1S/C21H29N/c1-2-3-4-5-6-7-8-13-18-14-9-10-15-19(18)20-16-11-12-17-21(20)22/h9-12,14-17H,2-8,13,22H2,1H3. The van der Waals surface area contributed by atoms with Crippen LogP contribution in [0, 0.1) is 0 Å². The van der Waals surface area contributed by atoms with Gasteiger partial charge in [0, 0.05) is 11.3 Å². The normalized spacial score (nSPS) is 10.8. The van der Waals surface area contributed by atoms with E-state index in [2.05, 4.69) is 43.3 Å². The summed E-state index contributed by atoms with van der Waals surface area (Å²) >= 11 is 0. The summed E-state index contributed by atoms with van der Waals surface area (Å²) in [6.45, 7) is 2.27. The van der Waals surface area contributed by atoms with E-state index in [1.807, 2.05) is 12.1 Å². The van der Waals surface area contributed by atoms with E-state index in [1.54, 1.807) is 0 Å². The highest BCUT2D eigenvalue weighted by Gasteiger charge is 2.06. The van der Waals surface area contributed by atoms with Gasteiger partial charge in [0.15, 0.2) is 0 Å². The minimum absolute atomic E-state index is 0.870. The van der Waals surface area contributed by atoms with Crippen LogP contribution in [0.1, 0.15) is 57.4 Å². The molecule has 2 N–H and O–H groups in total. The molecule has 0 heterocycles. The third kappa shape index (κ3) is 4.91. The number of unbranched alkanes of at least 4 members (excludes halogenated alkanes) is 6. The van der Waals surface area contributed by atoms with E-state index in [4.69, 9.17) is 5.73 Å². The maximum absolute atomic E-state index is 6.14. The molecule has 0 fully saturated rings. The van der Waals surface area contributed by atoms with Crippen molar-refractivity contribution in [2.24, 2.45) is 0 Å². The van der Waals surface area contributed by atoms with Gasteiger partial charge in [-0.1, -0.05) is 87.9 Å². The highest BCUT2D eigenvalue weighted by atomic mass is 14.6. The van der Waals surface area contributed by atoms with E-state index in [9.17, 15) is 0 Å². The van der Waals surface area contributed by atoms with Crippen molar-refractivity contribution in [3.63, 3.8) is 0 Å². The van der Waals surface area contributed by atoms with Gasteiger partial charge in [0.25, 0.3) is 0 Å². The van der Waals surface area contributed by atoms with Gasteiger partial charge in [0.2, 0.25) is 0 Å². The molecule has 0 unspecified atom stereocenters. The third-order valence-corrected chi connectivity index (χ3v) is 4.32. The molecule has 0 spiro atoms. The molecule has 1 heteroatoms. The molecule has 0 aliphatic carbocycles. The van der Waals surface area contributed by atoms with Crippen LogP contribution in [0.15, 0.2) is 48.5 Å². The number of hydrogen-bond acceptors (Lipinski definition) is 1. The van der Waals surface area contributed by atoms with Crippen molar-refractivity contribution in [3.05, 3.63) is 54.1 Å². The smallest absolute Gasteiger partial charge is 0.0393 e. The summed E-state index contributed by atoms with van der Waals surface area (Å²) in [4.78, 5) is 0. The largest absolute Gasteiger partial charge is 0.398 e. The van der Waals surface area contributed by atoms with Crippen LogP contribution in [0.2, 0.25) is 0 Å². The summed E-state index contributed by atoms with van der Waals surface area (Å²) in [5.74, 6) is 0. The maximum atomic E-state index is 6.14. The van der Waals surface area contributed by atoms with Crippen molar-refractivity contribution in [2.75, 3.05) is 5.73 Å². The summed E-state index contributed by atoms with van der Waals surface area (Å²) in [7, 11) is 0. The second-order valence-corrected chi connectivity index (χ2v) is 6.12. The Morgan fingerprint density at radius 1 is 0.682 bits per heavy atom. The molecule has 0 bridgehead atoms. The maximum Gasteiger partial charge on any atom is 0.0393 e. The molecule has 1 nitrogen and oxygen atoms in total. The van der Waals surface area contributed by atoms with E-state index in [-0.39, 0.29) is 0 Å². The van der Waals surface area contributed by atoms with Gasteiger partial charge in [-0.25, -0.2) is 0 Å². The zero-order valence-corrected chi connectivity index (χ0v) is 13.9. The third-order valence-electron chi connectivity index (χ3n) is 4.32. The Morgan fingerprint density at radius 3 is 2.00 bits per heavy atom. The van der Waals surface area contributed by atoms with Crippen LogP contribution in [-0.2, 0) is 6.42 Å². The average Bonchev–Trinajstić information content (AvgIpc) is 2.55. The zero-order valence-electron chi connectivity index (χ0n) is 13.9. The highest BCUT2D eigenvalue weighted by Crippen LogP contribution is 2.29. The molecule has 0 amide bonds. The number of nitrogens with two attached hydrogens (primary N) is 1. The number of hydrogen-bond donors (Lipinski definition) is 1. The van der Waals surface area contributed by atoms with E-state index >= 15 is 0 Å². The quantitative estimate of drug-likeness (QED) is 0.431. The Hall–Kier alpha value is -1.76. The predicted octanol–water partition coefficient (Wildman–Crippen LogP) is 6.23. The van der Waals surface area contributed by atoms with Crippen LogP contribution >= 0.6 is 0 Å². The van der Waals surface area contributed by atoms with Crippen molar-refractivity contribution in [1.29, 1.82) is 0 Å². The van der Waals surface area contributed by atoms with Gasteiger partial charge >= 0.3 is 0 Å². The average molecular weight is 295 g/mol. The van der Waals surface area contributed by atoms with Crippen LogP contribution in [0.3, 0.4) is 0 Å². The monoisotopic (exact) mass is 295 g/mol. The Morgan fingerprint density at radius 2 is 1.27 bits per heavy atom. The lowest BCUT2D eigenvalue weighted by Crippen LogP contribution is -1.94. The molecule has 0 radical (unpaired) electrons. The first-order chi connectivity index (χ1) is 10.8. The number of nitrogen functional groups attached to an aromatic ring is 1. The van der Waals surface area contributed by atoms with Crippen LogP contribution in [0.4, 0.5) is 5.69 Å². The van der Waals surface area contributed by atoms with Gasteiger partial charge in [-0.05, 0) is 30.0 Å². The van der Waals surface area contributed by atoms with E-state index < -0.39 is 0 Å². The summed E-state index contributed by atoms with van der Waals surface area (Å²) in [6, 6.07) is 16.9. The molecule has 0 aliphatic heterocycles. The zero-order chi connectivity index (χ0) is 15.6. The summed E-state index contributed by atoms with van der Waals surface area (Å²) in [5, 5.41) is 0. The Labute approximate surface area is 135 Å². The lowest BCUT2D eigenvalue weighted by Gasteiger charge is -2.11. The first-order valence-electron chi connectivity index (χ1n) is 8.75. The first kappa shape index (κ1) is 16.6. The summed E-state index contributed by atoms with van der Waals surface area (Å²) in [6.07, 6.45) is 10.6. The number of benzene rings is 2. The fraction of sp³-hybridized carbons (Fsp3) is 0.429. The van der Waals surface area contributed by atoms with Crippen LogP contribution in [0.5, 0.6) is 0 Å². The van der Waals surface area contributed by atoms with Gasteiger partial charge in [-0.2, -0.15) is 0 Å². The minimum Gasteiger partial charge on any atom is -0.398 e. The number of rotatable bonds is 9. The number of anilines is 1. The van der Waals surface area contributed by atoms with Gasteiger partial charge in [0.1, 0.15) is 0 Å². The highest BCUT2D eigenvalue weighted by molar-refractivity contribution is 5.78. The van der Waals surface area contributed by atoms with Crippen LogP contribution in [0.25, 0.3) is 11.1 Å². The Bertz CT molecular complexity index is 559. The molecule has 2 aromatic carbocycles. The Balaban J connectivity index is 1.91. The van der Waals surface area contributed by atoms with Gasteiger partial charge in [0.05, 0.1) is 0 Å². The fourth-order valence-electron chi connectivity index (χ4n) is 3.02. The lowest BCUT2D eigenvalue weighted by atomic mass is 9.94. The molecule has 0 atom stereocenters. The topological polar surface area (TPSA) is 26.0 Å². The summed E-state index contributed by atoms with van der Waals surface area (Å²) < 4.78 is 0. The molecule has 0 aliphatic rings. The van der Waals surface area contributed by atoms with Crippen LogP contribution in [-0.4, -0.2) is 0 Å². The van der Waals surface area contributed by atoms with Crippen molar-refractivity contribution in [1.82, 2.24) is 0 Å². The predicted molar refractivity (Wildman–Crippen MR) is 98.0 cm³/mol. The van der Waals surface area contributed by atoms with Gasteiger partial charge in [-0.3, -0.25) is 0 Å². The molecule has 0 saturated heterocycles. The second-order valence-electron chi connectivity index (χ2n) is 6.12. The van der Waals surface area contributed by atoms with Crippen molar-refractivity contribution in [3.8, 4) is 11.1 Å². The minimum atomic E-state index is 0.870. The van der Waals surface area contributed by atoms with Crippen molar-refractivity contribution in [2.45, 2.75) is 58.3 Å². The van der Waals surface area contributed by atoms with Crippen molar-refractivity contribution < 1.29 is 0 Å². The SMILES string of the molecule is CCCCCCCCCc1ccccc1-c1ccccc1N. The second kappa shape index (κ2) is 9.30. The fourth-order valence-corrected chi connectivity index (χ4v) is 3.02. The van der Waals surface area contributed by atoms with Gasteiger partial charge < -0.3 is 5.73 Å². The Kier molecular flexibility index (Phi) is 7.02. The summed E-state index contributed by atoms with van der Waals surface area (Å²) in [5.41, 5.74) is 10.9. The molecule has 2 rings (SSSR count). The van der Waals surface area contributed by atoms with E-state index in [0.29, 0.717) is 0 Å². The molecular formula is C21H29N. The molecule has 118 valence electrons. The number of para-hydroxylation sites is 1. The van der Waals surface area contributed by atoms with Gasteiger partial charge in [-0.15, -0.1) is 0 Å². The molecule has 2 aromatic rings. The number of aryl methyl sites for hydroxylation is 1. The van der Waals surface area contributed by atoms with E-state index in [0.717, 1.165) is 12.1 Å². The van der Waals surface area contributed by atoms with Crippen molar-refractivity contribution >= 4 is 5.69 Å². The molecular weight excluding hydrogens is 266 g/mol.